The first-order chi connectivity index (χ1) is 7.29. The number of nitrogens with zero attached hydrogens (tertiary/aromatic N) is 1. The zero-order chi connectivity index (χ0) is 12.5. The van der Waals surface area contributed by atoms with Crippen LogP contribution in [0.2, 0.25) is 0 Å². The number of halogens is 7. The molecular weight excluding hydrogens is 320 g/mol. The van der Waals surface area contributed by atoms with Crippen LogP contribution in [0.25, 0.3) is 0 Å². The maximum Gasteiger partial charge on any atom is 0.418 e. The van der Waals surface area contributed by atoms with Crippen molar-refractivity contribution in [2.24, 2.45) is 0 Å². The monoisotopic (exact) mass is 323 g/mol. The summed E-state index contributed by atoms with van der Waals surface area (Å²) in [6.45, 7) is 0. The topological polar surface area (TPSA) is 12.9 Å². The van der Waals surface area contributed by atoms with Gasteiger partial charge in [0.25, 0.3) is 6.43 Å². The van der Waals surface area contributed by atoms with Gasteiger partial charge < -0.3 is 0 Å². The van der Waals surface area contributed by atoms with Gasteiger partial charge in [0.1, 0.15) is 0 Å². The normalized spacial score (nSPS) is 12.2. The minimum atomic E-state index is -4.88. The lowest BCUT2D eigenvalue weighted by molar-refractivity contribution is -0.140. The quantitative estimate of drug-likeness (QED) is 0.575. The molecule has 0 bridgehead atoms. The van der Waals surface area contributed by atoms with Gasteiger partial charge in [0.2, 0.25) is 0 Å². The third-order valence-corrected chi connectivity index (χ3v) is 2.64. The molecule has 1 heterocycles. The van der Waals surface area contributed by atoms with Crippen molar-refractivity contribution in [3.63, 3.8) is 0 Å². The van der Waals surface area contributed by atoms with Crippen LogP contribution >= 0.6 is 27.5 Å². The molecule has 0 aliphatic rings. The van der Waals surface area contributed by atoms with Crippen molar-refractivity contribution in [1.82, 2.24) is 4.98 Å². The molecule has 0 saturated carbocycles. The molecular formula is C8H4BrClF5N. The van der Waals surface area contributed by atoms with E-state index in [0.717, 1.165) is 6.20 Å². The molecule has 0 N–H and O–H groups in total. The third-order valence-electron chi connectivity index (χ3n) is 1.78. The summed E-state index contributed by atoms with van der Waals surface area (Å²) in [5, 5.41) is 0. The van der Waals surface area contributed by atoms with Gasteiger partial charge in [-0.1, -0.05) is 0 Å². The summed E-state index contributed by atoms with van der Waals surface area (Å²) in [5.74, 6) is -0.504. The third kappa shape index (κ3) is 2.63. The Hall–Kier alpha value is -0.430. The van der Waals surface area contributed by atoms with Crippen molar-refractivity contribution < 1.29 is 22.0 Å². The van der Waals surface area contributed by atoms with Crippen molar-refractivity contribution in [3.05, 3.63) is 27.5 Å². The lowest BCUT2D eigenvalue weighted by Crippen LogP contribution is -2.14. The van der Waals surface area contributed by atoms with Crippen molar-refractivity contribution >= 4 is 27.5 Å². The number of alkyl halides is 6. The molecule has 16 heavy (non-hydrogen) atoms. The Balaban J connectivity index is 3.55. The predicted molar refractivity (Wildman–Crippen MR) is 51.5 cm³/mol. The van der Waals surface area contributed by atoms with Crippen molar-refractivity contribution in [2.45, 2.75) is 18.5 Å². The van der Waals surface area contributed by atoms with Crippen molar-refractivity contribution in [3.8, 4) is 0 Å². The van der Waals surface area contributed by atoms with Crippen LogP contribution in [0.1, 0.15) is 23.2 Å². The lowest BCUT2D eigenvalue weighted by Gasteiger charge is -2.16. The Morgan fingerprint density at radius 3 is 2.31 bits per heavy atom. The highest BCUT2D eigenvalue weighted by Gasteiger charge is 2.39. The molecule has 1 aromatic rings. The van der Waals surface area contributed by atoms with E-state index >= 15 is 0 Å². The van der Waals surface area contributed by atoms with Crippen LogP contribution in [0.3, 0.4) is 0 Å². The first-order valence-electron chi connectivity index (χ1n) is 3.87. The summed E-state index contributed by atoms with van der Waals surface area (Å²) >= 11 is 7.83. The van der Waals surface area contributed by atoms with E-state index in [-0.39, 0.29) is 0 Å². The Bertz CT molecular complexity index is 393. The van der Waals surface area contributed by atoms with Gasteiger partial charge in [-0.05, 0) is 15.9 Å². The molecule has 0 saturated heterocycles. The van der Waals surface area contributed by atoms with Gasteiger partial charge in [0.05, 0.1) is 22.7 Å². The molecule has 0 amide bonds. The zero-order valence-corrected chi connectivity index (χ0v) is 9.80. The molecule has 1 aromatic heterocycles. The molecule has 0 atom stereocenters. The van der Waals surface area contributed by atoms with E-state index in [2.05, 4.69) is 20.9 Å². The van der Waals surface area contributed by atoms with E-state index in [0.29, 0.717) is 0 Å². The van der Waals surface area contributed by atoms with Crippen LogP contribution in [0, 0.1) is 0 Å². The van der Waals surface area contributed by atoms with Crippen LogP contribution < -0.4 is 0 Å². The zero-order valence-electron chi connectivity index (χ0n) is 7.45. The molecule has 0 radical (unpaired) electrons. The summed E-state index contributed by atoms with van der Waals surface area (Å²) in [6.07, 6.45) is -7.35. The second kappa shape index (κ2) is 4.83. The van der Waals surface area contributed by atoms with Gasteiger partial charge in [-0.3, -0.25) is 4.98 Å². The summed E-state index contributed by atoms with van der Waals surface area (Å²) in [4.78, 5) is 3.43. The number of rotatable bonds is 2. The lowest BCUT2D eigenvalue weighted by atomic mass is 10.1. The fraction of sp³-hybridized carbons (Fsp3) is 0.375. The fourth-order valence-corrected chi connectivity index (χ4v) is 1.92. The predicted octanol–water partition coefficient (Wildman–Crippen LogP) is 4.54. The van der Waals surface area contributed by atoms with Crippen molar-refractivity contribution in [2.75, 3.05) is 0 Å². The molecule has 0 aliphatic heterocycles. The molecule has 0 aromatic carbocycles. The minimum Gasteiger partial charge on any atom is -0.258 e. The Kier molecular flexibility index (Phi) is 4.12. The maximum atomic E-state index is 12.6. The van der Waals surface area contributed by atoms with E-state index < -0.39 is 39.8 Å². The largest absolute Gasteiger partial charge is 0.418 e. The molecule has 0 spiro atoms. The number of aromatic nitrogens is 1. The molecule has 1 rings (SSSR count). The number of hydrogen-bond acceptors (Lipinski definition) is 1. The molecule has 0 aliphatic carbocycles. The first kappa shape index (κ1) is 13.6. The molecule has 0 fully saturated rings. The van der Waals surface area contributed by atoms with E-state index in [9.17, 15) is 22.0 Å². The molecule has 90 valence electrons. The minimum absolute atomic E-state index is 0.466. The van der Waals surface area contributed by atoms with Crippen LogP contribution in [0.15, 0.2) is 10.7 Å². The molecule has 1 nitrogen and oxygen atoms in total. The standard InChI is InChI=1S/C8H4BrClF5N/c9-3-2-16-4(1-10)5(7(11)12)6(3)8(13,14)15/h2,7H,1H2. The summed E-state index contributed by atoms with van der Waals surface area (Å²) < 4.78 is 62.3. The number of pyridine rings is 1. The van der Waals surface area contributed by atoms with Crippen LogP contribution in [-0.2, 0) is 12.1 Å². The highest BCUT2D eigenvalue weighted by molar-refractivity contribution is 9.10. The SMILES string of the molecule is FC(F)c1c(CCl)ncc(Br)c1C(F)(F)F. The summed E-state index contributed by atoms with van der Waals surface area (Å²) in [5.41, 5.74) is -3.06. The first-order valence-corrected chi connectivity index (χ1v) is 5.20. The van der Waals surface area contributed by atoms with Gasteiger partial charge in [0, 0.05) is 10.7 Å². The Labute approximate surface area is 101 Å². The highest BCUT2D eigenvalue weighted by atomic mass is 79.9. The molecule has 0 unspecified atom stereocenters. The van der Waals surface area contributed by atoms with E-state index in [1.165, 1.54) is 0 Å². The van der Waals surface area contributed by atoms with Gasteiger partial charge in [-0.25, -0.2) is 8.78 Å². The van der Waals surface area contributed by atoms with Crippen LogP contribution in [-0.4, -0.2) is 4.98 Å². The van der Waals surface area contributed by atoms with E-state index in [4.69, 9.17) is 11.6 Å². The summed E-state index contributed by atoms with van der Waals surface area (Å²) in [7, 11) is 0. The number of hydrogen-bond donors (Lipinski definition) is 0. The Morgan fingerprint density at radius 2 is 1.94 bits per heavy atom. The Morgan fingerprint density at radius 1 is 1.38 bits per heavy atom. The van der Waals surface area contributed by atoms with Gasteiger partial charge in [0.15, 0.2) is 0 Å². The van der Waals surface area contributed by atoms with E-state index in [1.807, 2.05) is 0 Å². The van der Waals surface area contributed by atoms with Gasteiger partial charge in [-0.15, -0.1) is 11.6 Å². The average Bonchev–Trinajstić information content (AvgIpc) is 2.15. The smallest absolute Gasteiger partial charge is 0.258 e. The fourth-order valence-electron chi connectivity index (χ4n) is 1.17. The van der Waals surface area contributed by atoms with Gasteiger partial charge in [-0.2, -0.15) is 13.2 Å². The highest BCUT2D eigenvalue weighted by Crippen LogP contribution is 2.41. The second-order valence-corrected chi connectivity index (χ2v) is 3.90. The van der Waals surface area contributed by atoms with Crippen molar-refractivity contribution in [1.29, 1.82) is 0 Å². The summed E-state index contributed by atoms with van der Waals surface area (Å²) in [6, 6.07) is 0. The average molecular weight is 324 g/mol. The van der Waals surface area contributed by atoms with Crippen LogP contribution in [0.4, 0.5) is 22.0 Å². The second-order valence-electron chi connectivity index (χ2n) is 2.77. The van der Waals surface area contributed by atoms with Gasteiger partial charge >= 0.3 is 6.18 Å². The molecule has 8 heteroatoms. The van der Waals surface area contributed by atoms with E-state index in [1.54, 1.807) is 0 Å². The maximum absolute atomic E-state index is 12.6. The van der Waals surface area contributed by atoms with Crippen LogP contribution in [0.5, 0.6) is 0 Å².